The normalized spacial score (nSPS) is 43.6. The minimum Gasteiger partial charge on any atom is -0.497 e. The highest BCUT2D eigenvalue weighted by Crippen LogP contribution is 2.68. The Morgan fingerprint density at radius 2 is 2.00 bits per heavy atom. The zero-order chi connectivity index (χ0) is 19.9. The molecule has 1 saturated carbocycles. The Morgan fingerprint density at radius 1 is 1.21 bits per heavy atom. The summed E-state index contributed by atoms with van der Waals surface area (Å²) in [4.78, 5) is 5.09. The molecule has 0 amide bonds. The highest BCUT2D eigenvalue weighted by atomic mass is 16.5. The van der Waals surface area contributed by atoms with Crippen molar-refractivity contribution >= 4 is 5.69 Å². The number of methoxy groups -OCH3 is 1. The van der Waals surface area contributed by atoms with Gasteiger partial charge in [0.2, 0.25) is 0 Å². The van der Waals surface area contributed by atoms with Crippen LogP contribution in [0.2, 0.25) is 0 Å². The lowest BCUT2D eigenvalue weighted by Gasteiger charge is -2.65. The van der Waals surface area contributed by atoms with E-state index in [1.807, 2.05) is 0 Å². The van der Waals surface area contributed by atoms with Crippen molar-refractivity contribution < 1.29 is 9.84 Å². The van der Waals surface area contributed by atoms with E-state index in [9.17, 15) is 5.11 Å². The molecule has 3 aliphatic heterocycles. The van der Waals surface area contributed by atoms with Crippen LogP contribution < -0.4 is 9.64 Å². The van der Waals surface area contributed by atoms with Crippen LogP contribution in [0.1, 0.15) is 45.6 Å². The van der Waals surface area contributed by atoms with Crippen LogP contribution in [-0.4, -0.2) is 54.9 Å². The fourth-order valence-electron chi connectivity index (χ4n) is 7.94. The van der Waals surface area contributed by atoms with E-state index in [-0.39, 0.29) is 22.8 Å². The lowest BCUT2D eigenvalue weighted by Crippen LogP contribution is -2.75. The molecule has 1 N–H and O–H groups in total. The number of rotatable bonds is 3. The number of fused-ring (bicyclic) bond motifs is 1. The second-order valence-electron chi connectivity index (χ2n) is 9.52. The van der Waals surface area contributed by atoms with Crippen LogP contribution >= 0.6 is 0 Å². The summed E-state index contributed by atoms with van der Waals surface area (Å²) in [7, 11) is 3.92. The minimum absolute atomic E-state index is 0.0123. The van der Waals surface area contributed by atoms with Crippen LogP contribution in [0.4, 0.5) is 5.69 Å². The molecule has 0 bridgehead atoms. The topological polar surface area (TPSA) is 35.9 Å². The van der Waals surface area contributed by atoms with E-state index in [1.165, 1.54) is 11.3 Å². The predicted molar refractivity (Wildman–Crippen MR) is 113 cm³/mol. The molecular formula is C24H34N2O2. The summed E-state index contributed by atoms with van der Waals surface area (Å²) in [6.07, 6.45) is 7.80. The standard InChI is InChI=1S/C24H34N2O2/c1-6-22-11-8-13-26-14-12-23(20(22)26)18-10-9-17(28-5)15-19(18)25(4)21(23)24(27,7-2)16(22)3/h8-11,15-16,20-21,27H,6-7,12-14H2,1-5H3/t16-,20+,21-,22+,23-,24-/m1/s1. The number of aliphatic hydroxyl groups is 1. The molecule has 2 fully saturated rings. The summed E-state index contributed by atoms with van der Waals surface area (Å²) in [5, 5.41) is 12.3. The molecule has 3 heterocycles. The molecule has 0 unspecified atom stereocenters. The number of benzene rings is 1. The van der Waals surface area contributed by atoms with Gasteiger partial charge in [-0.05, 0) is 43.4 Å². The Balaban J connectivity index is 1.83. The highest BCUT2D eigenvalue weighted by Gasteiger charge is 2.74. The molecular weight excluding hydrogens is 348 g/mol. The van der Waals surface area contributed by atoms with Gasteiger partial charge in [-0.1, -0.05) is 39.0 Å². The average Bonchev–Trinajstić information content (AvgIpc) is 3.23. The van der Waals surface area contributed by atoms with Crippen LogP contribution in [-0.2, 0) is 5.41 Å². The van der Waals surface area contributed by atoms with E-state index in [0.29, 0.717) is 6.04 Å². The Kier molecular flexibility index (Phi) is 3.81. The van der Waals surface area contributed by atoms with Gasteiger partial charge in [-0.2, -0.15) is 0 Å². The zero-order valence-electron chi connectivity index (χ0n) is 17.9. The van der Waals surface area contributed by atoms with Gasteiger partial charge in [-0.3, -0.25) is 4.90 Å². The van der Waals surface area contributed by atoms with Gasteiger partial charge in [-0.15, -0.1) is 0 Å². The fraction of sp³-hybridized carbons (Fsp3) is 0.667. The van der Waals surface area contributed by atoms with Gasteiger partial charge in [-0.25, -0.2) is 0 Å². The van der Waals surface area contributed by atoms with Crippen LogP contribution in [0.25, 0.3) is 0 Å². The number of ether oxygens (including phenoxy) is 1. The van der Waals surface area contributed by atoms with Gasteiger partial charge in [0, 0.05) is 42.2 Å². The van der Waals surface area contributed by atoms with E-state index in [2.05, 4.69) is 68.0 Å². The largest absolute Gasteiger partial charge is 0.497 e. The molecule has 1 aromatic rings. The highest BCUT2D eigenvalue weighted by molar-refractivity contribution is 5.69. The van der Waals surface area contributed by atoms with E-state index in [4.69, 9.17) is 4.74 Å². The van der Waals surface area contributed by atoms with Gasteiger partial charge < -0.3 is 14.7 Å². The molecule has 1 saturated heterocycles. The van der Waals surface area contributed by atoms with Crippen molar-refractivity contribution in [1.29, 1.82) is 0 Å². The van der Waals surface area contributed by atoms with Crippen LogP contribution in [0, 0.1) is 11.3 Å². The molecule has 0 aromatic heterocycles. The Hall–Kier alpha value is -1.52. The van der Waals surface area contributed by atoms with Crippen molar-refractivity contribution in [2.75, 3.05) is 32.1 Å². The Bertz CT molecular complexity index is 838. The monoisotopic (exact) mass is 382 g/mol. The fourth-order valence-corrected chi connectivity index (χ4v) is 7.94. The first-order valence-corrected chi connectivity index (χ1v) is 11.0. The molecule has 152 valence electrons. The van der Waals surface area contributed by atoms with E-state index < -0.39 is 5.60 Å². The van der Waals surface area contributed by atoms with Crippen molar-refractivity contribution in [3.63, 3.8) is 0 Å². The maximum atomic E-state index is 12.3. The average molecular weight is 383 g/mol. The van der Waals surface area contributed by atoms with Crippen molar-refractivity contribution in [2.24, 2.45) is 11.3 Å². The second-order valence-corrected chi connectivity index (χ2v) is 9.52. The van der Waals surface area contributed by atoms with Gasteiger partial charge in [0.25, 0.3) is 0 Å². The van der Waals surface area contributed by atoms with Gasteiger partial charge in [0.05, 0.1) is 18.8 Å². The van der Waals surface area contributed by atoms with Gasteiger partial charge in [0.15, 0.2) is 0 Å². The molecule has 0 radical (unpaired) electrons. The van der Waals surface area contributed by atoms with Crippen LogP contribution in [0.3, 0.4) is 0 Å². The molecule has 4 aliphatic rings. The maximum absolute atomic E-state index is 12.3. The molecule has 28 heavy (non-hydrogen) atoms. The van der Waals surface area contributed by atoms with Gasteiger partial charge >= 0.3 is 0 Å². The molecule has 4 nitrogen and oxygen atoms in total. The summed E-state index contributed by atoms with van der Waals surface area (Å²) >= 11 is 0. The SMILES string of the molecule is CC[C@@]1(O)[C@H](C)[C@]2(CC)C=CCN3CC[C@@]4(c5ccc(OC)cc5N(C)[C@@H]14)[C@@H]32. The number of hydrogen-bond acceptors (Lipinski definition) is 4. The van der Waals surface area contributed by atoms with Crippen molar-refractivity contribution in [1.82, 2.24) is 4.90 Å². The number of anilines is 1. The first kappa shape index (κ1) is 18.5. The molecule has 5 rings (SSSR count). The molecule has 1 spiro atoms. The molecule has 1 aromatic carbocycles. The third-order valence-corrected chi connectivity index (χ3v) is 9.11. The first-order chi connectivity index (χ1) is 13.4. The second kappa shape index (κ2) is 5.76. The van der Waals surface area contributed by atoms with Crippen molar-refractivity contribution in [3.8, 4) is 5.75 Å². The van der Waals surface area contributed by atoms with Crippen molar-refractivity contribution in [3.05, 3.63) is 35.9 Å². The summed E-state index contributed by atoms with van der Waals surface area (Å²) in [5.74, 6) is 1.10. The third kappa shape index (κ3) is 1.80. The Labute approximate surface area is 169 Å². The van der Waals surface area contributed by atoms with E-state index in [1.54, 1.807) is 7.11 Å². The van der Waals surface area contributed by atoms with Crippen LogP contribution in [0.5, 0.6) is 5.75 Å². The first-order valence-electron chi connectivity index (χ1n) is 11.0. The maximum Gasteiger partial charge on any atom is 0.120 e. The zero-order valence-corrected chi connectivity index (χ0v) is 17.9. The Morgan fingerprint density at radius 3 is 2.68 bits per heavy atom. The molecule has 6 atom stereocenters. The lowest BCUT2D eigenvalue weighted by molar-refractivity contribution is -0.157. The molecule has 1 aliphatic carbocycles. The number of likely N-dealkylation sites (N-methyl/N-ethyl adjacent to an activating group) is 1. The summed E-state index contributed by atoms with van der Waals surface area (Å²) in [6.45, 7) is 8.94. The number of nitrogens with zero attached hydrogens (tertiary/aromatic N) is 2. The molecule has 4 heteroatoms. The van der Waals surface area contributed by atoms with E-state index >= 15 is 0 Å². The van der Waals surface area contributed by atoms with Crippen molar-refractivity contribution in [2.45, 2.75) is 63.1 Å². The van der Waals surface area contributed by atoms with Gasteiger partial charge in [0.1, 0.15) is 5.75 Å². The minimum atomic E-state index is -0.731. The van der Waals surface area contributed by atoms with Crippen LogP contribution in [0.15, 0.2) is 30.4 Å². The smallest absolute Gasteiger partial charge is 0.120 e. The third-order valence-electron chi connectivity index (χ3n) is 9.11. The quantitative estimate of drug-likeness (QED) is 0.811. The predicted octanol–water partition coefficient (Wildman–Crippen LogP) is 3.58. The summed E-state index contributed by atoms with van der Waals surface area (Å²) < 4.78 is 5.55. The summed E-state index contributed by atoms with van der Waals surface area (Å²) in [5.41, 5.74) is 1.91. The summed E-state index contributed by atoms with van der Waals surface area (Å²) in [6, 6.07) is 7.13. The lowest BCUT2D eigenvalue weighted by atomic mass is 9.45. The number of hydrogen-bond donors (Lipinski definition) is 1. The van der Waals surface area contributed by atoms with E-state index in [0.717, 1.165) is 38.1 Å².